The molecule has 0 aliphatic heterocycles. The summed E-state index contributed by atoms with van der Waals surface area (Å²) < 4.78 is 10.2. The summed E-state index contributed by atoms with van der Waals surface area (Å²) >= 11 is 0. The molecule has 1 aromatic rings. The third-order valence-electron chi connectivity index (χ3n) is 2.92. The molecule has 0 unspecified atom stereocenters. The minimum Gasteiger partial charge on any atom is -0.497 e. The minimum absolute atomic E-state index is 0.148. The van der Waals surface area contributed by atoms with Gasteiger partial charge in [0.2, 0.25) is 0 Å². The normalized spacial score (nSPS) is 12.7. The van der Waals surface area contributed by atoms with Crippen LogP contribution in [0.25, 0.3) is 0 Å². The summed E-state index contributed by atoms with van der Waals surface area (Å²) in [5.74, 6) is 0.388. The number of ether oxygens (including phenoxy) is 2. The Morgan fingerprint density at radius 1 is 1.27 bits per heavy atom. The summed E-state index contributed by atoms with van der Waals surface area (Å²) in [6.45, 7) is 5.88. The average Bonchev–Trinajstić information content (AvgIpc) is 2.51. The van der Waals surface area contributed by atoms with E-state index in [1.54, 1.807) is 44.4 Å². The van der Waals surface area contributed by atoms with Gasteiger partial charge in [-0.1, -0.05) is 19.9 Å². The van der Waals surface area contributed by atoms with Crippen LogP contribution in [0, 0.1) is 5.92 Å². The van der Waals surface area contributed by atoms with E-state index in [1.165, 1.54) is 0 Å². The first-order valence-corrected chi connectivity index (χ1v) is 7.25. The van der Waals surface area contributed by atoms with Gasteiger partial charge in [-0.15, -0.1) is 0 Å². The van der Waals surface area contributed by atoms with Gasteiger partial charge in [-0.25, -0.2) is 4.79 Å². The number of benzene rings is 1. The van der Waals surface area contributed by atoms with E-state index in [-0.39, 0.29) is 12.5 Å². The standard InChI is InChI=1S/C17H23NO4/c1-5-22-17(20)16(13(11-19)10-12(2)3)18-14-6-8-15(21-4)9-7-14/h6-12,16,18H,5H2,1-4H3/b13-10+/t16-/m0/s1. The summed E-state index contributed by atoms with van der Waals surface area (Å²) in [5, 5.41) is 3.04. The molecule has 1 N–H and O–H groups in total. The number of esters is 1. The summed E-state index contributed by atoms with van der Waals surface area (Å²) in [5.41, 5.74) is 1.07. The largest absolute Gasteiger partial charge is 0.497 e. The van der Waals surface area contributed by atoms with Crippen LogP contribution in [0.4, 0.5) is 5.69 Å². The van der Waals surface area contributed by atoms with Gasteiger partial charge in [0.25, 0.3) is 0 Å². The molecule has 0 aliphatic rings. The number of carbonyl (C=O) groups is 2. The van der Waals surface area contributed by atoms with Gasteiger partial charge in [-0.3, -0.25) is 4.79 Å². The van der Waals surface area contributed by atoms with E-state index in [9.17, 15) is 9.59 Å². The van der Waals surface area contributed by atoms with Crippen LogP contribution in [0.15, 0.2) is 35.9 Å². The van der Waals surface area contributed by atoms with Crippen LogP contribution in [0.5, 0.6) is 5.75 Å². The fourth-order valence-electron chi connectivity index (χ4n) is 1.95. The predicted octanol–water partition coefficient (Wildman–Crippen LogP) is 2.82. The monoisotopic (exact) mass is 305 g/mol. The zero-order valence-corrected chi connectivity index (χ0v) is 13.5. The molecule has 0 heterocycles. The van der Waals surface area contributed by atoms with Gasteiger partial charge in [-0.2, -0.15) is 0 Å². The molecule has 0 radical (unpaired) electrons. The second kappa shape index (κ2) is 8.87. The molecule has 0 saturated carbocycles. The highest BCUT2D eigenvalue weighted by Gasteiger charge is 2.24. The van der Waals surface area contributed by atoms with Gasteiger partial charge in [-0.05, 0) is 37.1 Å². The van der Waals surface area contributed by atoms with E-state index in [1.807, 2.05) is 13.8 Å². The Bertz CT molecular complexity index is 520. The molecule has 1 rings (SSSR count). The topological polar surface area (TPSA) is 64.6 Å². The lowest BCUT2D eigenvalue weighted by molar-refractivity contribution is -0.143. The highest BCUT2D eigenvalue weighted by Crippen LogP contribution is 2.18. The van der Waals surface area contributed by atoms with Crippen molar-refractivity contribution >= 4 is 17.9 Å². The number of allylic oxidation sites excluding steroid dienone is 1. The number of hydrogen-bond acceptors (Lipinski definition) is 5. The maximum Gasteiger partial charge on any atom is 0.333 e. The summed E-state index contributed by atoms with van der Waals surface area (Å²) in [6.07, 6.45) is 2.45. The predicted molar refractivity (Wildman–Crippen MR) is 86.0 cm³/mol. The molecule has 1 aromatic carbocycles. The van der Waals surface area contributed by atoms with Crippen molar-refractivity contribution in [3.8, 4) is 5.75 Å². The smallest absolute Gasteiger partial charge is 0.333 e. The highest BCUT2D eigenvalue weighted by atomic mass is 16.5. The van der Waals surface area contributed by atoms with Crippen molar-refractivity contribution in [2.75, 3.05) is 19.0 Å². The average molecular weight is 305 g/mol. The van der Waals surface area contributed by atoms with E-state index in [0.717, 1.165) is 0 Å². The SMILES string of the molecule is CCOC(=O)[C@@H](Nc1ccc(OC)cc1)/C(C=O)=C/C(C)C. The third-order valence-corrected chi connectivity index (χ3v) is 2.92. The van der Waals surface area contributed by atoms with Crippen LogP contribution in [0.3, 0.4) is 0 Å². The Balaban J connectivity index is 3.03. The van der Waals surface area contributed by atoms with Gasteiger partial charge in [0, 0.05) is 11.3 Å². The zero-order valence-electron chi connectivity index (χ0n) is 13.5. The van der Waals surface area contributed by atoms with Crippen LogP contribution in [-0.2, 0) is 14.3 Å². The number of hydrogen-bond donors (Lipinski definition) is 1. The van der Waals surface area contributed by atoms with Crippen LogP contribution < -0.4 is 10.1 Å². The van der Waals surface area contributed by atoms with Crippen molar-refractivity contribution in [1.82, 2.24) is 0 Å². The number of methoxy groups -OCH3 is 1. The van der Waals surface area contributed by atoms with Gasteiger partial charge >= 0.3 is 5.97 Å². The van der Waals surface area contributed by atoms with E-state index in [0.29, 0.717) is 23.3 Å². The van der Waals surface area contributed by atoms with E-state index < -0.39 is 12.0 Å². The molecule has 0 aliphatic carbocycles. The highest BCUT2D eigenvalue weighted by molar-refractivity contribution is 5.92. The van der Waals surface area contributed by atoms with Crippen molar-refractivity contribution < 1.29 is 19.1 Å². The minimum atomic E-state index is -0.826. The molecule has 1 atom stereocenters. The maximum absolute atomic E-state index is 12.1. The summed E-state index contributed by atoms with van der Waals surface area (Å²) in [4.78, 5) is 23.5. The maximum atomic E-state index is 12.1. The molecule has 5 heteroatoms. The van der Waals surface area contributed by atoms with E-state index >= 15 is 0 Å². The number of rotatable bonds is 8. The molecule has 0 bridgehead atoms. The molecular weight excluding hydrogens is 282 g/mol. The Morgan fingerprint density at radius 3 is 2.36 bits per heavy atom. The van der Waals surface area contributed by atoms with Gasteiger partial charge in [0.05, 0.1) is 13.7 Å². The Kier molecular flexibility index (Phi) is 7.16. The van der Waals surface area contributed by atoms with Gasteiger partial charge in [0.15, 0.2) is 6.04 Å². The fourth-order valence-corrected chi connectivity index (χ4v) is 1.95. The van der Waals surface area contributed by atoms with Crippen LogP contribution >= 0.6 is 0 Å². The lowest BCUT2D eigenvalue weighted by Gasteiger charge is -2.19. The second-order valence-corrected chi connectivity index (χ2v) is 5.09. The third kappa shape index (κ3) is 5.24. The Morgan fingerprint density at radius 2 is 1.91 bits per heavy atom. The van der Waals surface area contributed by atoms with Crippen molar-refractivity contribution in [1.29, 1.82) is 0 Å². The number of nitrogens with one attached hydrogen (secondary N) is 1. The molecule has 0 spiro atoms. The molecular formula is C17H23NO4. The quantitative estimate of drug-likeness (QED) is 0.454. The summed E-state index contributed by atoms with van der Waals surface area (Å²) in [6, 6.07) is 6.29. The molecule has 22 heavy (non-hydrogen) atoms. The first-order chi connectivity index (χ1) is 10.5. The molecule has 0 fully saturated rings. The lowest BCUT2D eigenvalue weighted by Crippen LogP contribution is -2.34. The van der Waals surface area contributed by atoms with Crippen molar-refractivity contribution in [3.63, 3.8) is 0 Å². The first kappa shape index (κ1) is 17.8. The molecule has 0 aromatic heterocycles. The van der Waals surface area contributed by atoms with Crippen molar-refractivity contribution in [2.24, 2.45) is 5.92 Å². The number of anilines is 1. The van der Waals surface area contributed by atoms with E-state index in [4.69, 9.17) is 9.47 Å². The first-order valence-electron chi connectivity index (χ1n) is 7.25. The lowest BCUT2D eigenvalue weighted by atomic mass is 10.0. The number of aldehydes is 1. The van der Waals surface area contributed by atoms with Gasteiger partial charge < -0.3 is 14.8 Å². The molecule has 0 saturated heterocycles. The molecule has 120 valence electrons. The number of carbonyl (C=O) groups excluding carboxylic acids is 2. The molecule has 0 amide bonds. The summed E-state index contributed by atoms with van der Waals surface area (Å²) in [7, 11) is 1.58. The van der Waals surface area contributed by atoms with Gasteiger partial charge in [0.1, 0.15) is 12.0 Å². The Hall–Kier alpha value is -2.30. The second-order valence-electron chi connectivity index (χ2n) is 5.09. The van der Waals surface area contributed by atoms with Crippen molar-refractivity contribution in [3.05, 3.63) is 35.9 Å². The molecule has 5 nitrogen and oxygen atoms in total. The van der Waals surface area contributed by atoms with E-state index in [2.05, 4.69) is 5.32 Å². The zero-order chi connectivity index (χ0) is 16.5. The fraction of sp³-hybridized carbons (Fsp3) is 0.412. The van der Waals surface area contributed by atoms with Crippen LogP contribution in [0.2, 0.25) is 0 Å². The van der Waals surface area contributed by atoms with Crippen LogP contribution in [-0.4, -0.2) is 32.0 Å². The Labute approximate surface area is 131 Å². The van der Waals surface area contributed by atoms with Crippen molar-refractivity contribution in [2.45, 2.75) is 26.8 Å². The van der Waals surface area contributed by atoms with Crippen LogP contribution in [0.1, 0.15) is 20.8 Å².